The molecule has 0 saturated carbocycles. The van der Waals surface area contributed by atoms with Crippen molar-refractivity contribution in [1.29, 1.82) is 0 Å². The van der Waals surface area contributed by atoms with Gasteiger partial charge in [0.1, 0.15) is 0 Å². The molecule has 0 aliphatic heterocycles. The molecule has 3 nitrogen and oxygen atoms in total. The lowest BCUT2D eigenvalue weighted by molar-refractivity contribution is 0.0974. The lowest BCUT2D eigenvalue weighted by Crippen LogP contribution is -2.31. The summed E-state index contributed by atoms with van der Waals surface area (Å²) in [5, 5.41) is 0. The van der Waals surface area contributed by atoms with Crippen LogP contribution in [0.1, 0.15) is 45.7 Å². The fraction of sp³-hybridized carbons (Fsp3) is 0.222. The van der Waals surface area contributed by atoms with Gasteiger partial charge in [0.05, 0.1) is 16.8 Å². The summed E-state index contributed by atoms with van der Waals surface area (Å²) in [4.78, 5) is 26.8. The highest BCUT2D eigenvalue weighted by Crippen LogP contribution is 2.38. The van der Waals surface area contributed by atoms with Gasteiger partial charge in [0.2, 0.25) is 0 Å². The van der Waals surface area contributed by atoms with Gasteiger partial charge < -0.3 is 4.90 Å². The van der Waals surface area contributed by atoms with Crippen molar-refractivity contribution in [2.75, 3.05) is 18.0 Å². The zero-order valence-corrected chi connectivity index (χ0v) is 13.1. The number of ketones is 2. The van der Waals surface area contributed by atoms with Gasteiger partial charge in [-0.3, -0.25) is 9.59 Å². The molecule has 1 aliphatic rings. The molecule has 0 aromatic heterocycles. The Morgan fingerprint density at radius 1 is 0.792 bits per heavy atom. The van der Waals surface area contributed by atoms with E-state index in [-0.39, 0.29) is 29.9 Å². The van der Waals surface area contributed by atoms with Crippen LogP contribution in [0.25, 0.3) is 0 Å². The van der Waals surface area contributed by atoms with Gasteiger partial charge in [-0.1, -0.05) is 24.3 Å². The van der Waals surface area contributed by atoms with E-state index in [4.69, 9.17) is 0 Å². The Hall–Kier alpha value is -2.63. The molecule has 0 bridgehead atoms. The van der Waals surface area contributed by atoms with Gasteiger partial charge in [0, 0.05) is 24.2 Å². The predicted octanol–water partition coefficient (Wildman–Crippen LogP) is 3.73. The SMILES string of the molecule is CCN(CC)c1c(F)c(F)c(F)c2c1C(=O)c1ccccc1C2=O. The first-order chi connectivity index (χ1) is 11.4. The smallest absolute Gasteiger partial charge is 0.197 e. The molecular formula is C18H14F3NO2. The van der Waals surface area contributed by atoms with E-state index in [9.17, 15) is 22.8 Å². The van der Waals surface area contributed by atoms with Crippen LogP contribution in [0.2, 0.25) is 0 Å². The number of rotatable bonds is 3. The predicted molar refractivity (Wildman–Crippen MR) is 83.2 cm³/mol. The number of halogens is 3. The second-order valence-electron chi connectivity index (χ2n) is 5.42. The van der Waals surface area contributed by atoms with Crippen molar-refractivity contribution >= 4 is 17.3 Å². The van der Waals surface area contributed by atoms with E-state index < -0.39 is 40.1 Å². The minimum atomic E-state index is -1.74. The first-order valence-electron chi connectivity index (χ1n) is 7.57. The van der Waals surface area contributed by atoms with Crippen molar-refractivity contribution in [1.82, 2.24) is 0 Å². The third-order valence-corrected chi connectivity index (χ3v) is 4.25. The molecule has 0 radical (unpaired) electrons. The number of carbonyl (C=O) groups is 2. The van der Waals surface area contributed by atoms with Crippen LogP contribution in [-0.4, -0.2) is 24.7 Å². The van der Waals surface area contributed by atoms with Gasteiger partial charge in [-0.25, -0.2) is 13.2 Å². The molecule has 0 amide bonds. The average molecular weight is 333 g/mol. The Balaban J connectivity index is 2.43. The summed E-state index contributed by atoms with van der Waals surface area (Å²) >= 11 is 0. The van der Waals surface area contributed by atoms with E-state index in [2.05, 4.69) is 0 Å². The van der Waals surface area contributed by atoms with Crippen LogP contribution in [0, 0.1) is 17.5 Å². The largest absolute Gasteiger partial charge is 0.369 e. The first-order valence-corrected chi connectivity index (χ1v) is 7.57. The minimum Gasteiger partial charge on any atom is -0.369 e. The molecule has 2 aromatic carbocycles. The zero-order valence-electron chi connectivity index (χ0n) is 13.1. The van der Waals surface area contributed by atoms with Gasteiger partial charge in [0.25, 0.3) is 0 Å². The molecule has 0 N–H and O–H groups in total. The van der Waals surface area contributed by atoms with Crippen molar-refractivity contribution in [3.05, 3.63) is 64.0 Å². The first kappa shape index (κ1) is 16.2. The van der Waals surface area contributed by atoms with Crippen LogP contribution in [0.3, 0.4) is 0 Å². The fourth-order valence-corrected chi connectivity index (χ4v) is 3.07. The molecule has 2 aromatic rings. The quantitative estimate of drug-likeness (QED) is 0.686. The highest BCUT2D eigenvalue weighted by molar-refractivity contribution is 6.30. The summed E-state index contributed by atoms with van der Waals surface area (Å²) in [6.45, 7) is 3.93. The summed E-state index contributed by atoms with van der Waals surface area (Å²) in [7, 11) is 0. The van der Waals surface area contributed by atoms with Crippen LogP contribution in [-0.2, 0) is 0 Å². The monoisotopic (exact) mass is 333 g/mol. The summed E-state index contributed by atoms with van der Waals surface area (Å²) in [5.74, 6) is -6.30. The van der Waals surface area contributed by atoms with Crippen molar-refractivity contribution in [3.8, 4) is 0 Å². The van der Waals surface area contributed by atoms with Gasteiger partial charge in [-0.2, -0.15) is 0 Å². The molecule has 24 heavy (non-hydrogen) atoms. The van der Waals surface area contributed by atoms with Crippen molar-refractivity contribution in [2.45, 2.75) is 13.8 Å². The van der Waals surface area contributed by atoms with Gasteiger partial charge >= 0.3 is 0 Å². The molecular weight excluding hydrogens is 319 g/mol. The summed E-state index contributed by atoms with van der Waals surface area (Å²) in [6, 6.07) is 5.88. The standard InChI is InChI=1S/C18H14F3NO2/c1-3-22(4-2)16-12-11(13(19)14(20)15(16)21)17(23)9-7-5-6-8-10(9)18(12)24/h5-8H,3-4H2,1-2H3. The maximum absolute atomic E-state index is 14.4. The van der Waals surface area contributed by atoms with Gasteiger partial charge in [-0.05, 0) is 13.8 Å². The zero-order chi connectivity index (χ0) is 17.6. The number of hydrogen-bond acceptors (Lipinski definition) is 3. The molecule has 124 valence electrons. The summed E-state index contributed by atoms with van der Waals surface area (Å²) in [6.07, 6.45) is 0. The third kappa shape index (κ3) is 2.06. The summed E-state index contributed by atoms with van der Waals surface area (Å²) < 4.78 is 42.8. The second kappa shape index (κ2) is 5.78. The topological polar surface area (TPSA) is 37.4 Å². The fourth-order valence-electron chi connectivity index (χ4n) is 3.07. The number of benzene rings is 2. The third-order valence-electron chi connectivity index (χ3n) is 4.25. The molecule has 0 atom stereocenters. The van der Waals surface area contributed by atoms with Crippen molar-refractivity contribution < 1.29 is 22.8 Å². The van der Waals surface area contributed by atoms with E-state index in [1.54, 1.807) is 19.9 Å². The molecule has 1 aliphatic carbocycles. The number of carbonyl (C=O) groups excluding carboxylic acids is 2. The molecule has 0 spiro atoms. The Morgan fingerprint density at radius 3 is 1.79 bits per heavy atom. The second-order valence-corrected chi connectivity index (χ2v) is 5.42. The van der Waals surface area contributed by atoms with E-state index in [0.29, 0.717) is 0 Å². The van der Waals surface area contributed by atoms with Gasteiger partial charge in [-0.15, -0.1) is 0 Å². The highest BCUT2D eigenvalue weighted by Gasteiger charge is 2.39. The molecule has 0 unspecified atom stereocenters. The maximum atomic E-state index is 14.4. The average Bonchev–Trinajstić information content (AvgIpc) is 2.60. The summed E-state index contributed by atoms with van der Waals surface area (Å²) in [5.41, 5.74) is -1.40. The van der Waals surface area contributed by atoms with E-state index in [0.717, 1.165) is 0 Å². The molecule has 3 rings (SSSR count). The Bertz CT molecular complexity index is 873. The van der Waals surface area contributed by atoms with Crippen LogP contribution < -0.4 is 4.90 Å². The molecule has 0 heterocycles. The van der Waals surface area contributed by atoms with Crippen LogP contribution >= 0.6 is 0 Å². The Morgan fingerprint density at radius 2 is 1.29 bits per heavy atom. The lowest BCUT2D eigenvalue weighted by Gasteiger charge is -2.28. The van der Waals surface area contributed by atoms with E-state index in [1.165, 1.54) is 23.1 Å². The molecule has 0 fully saturated rings. The van der Waals surface area contributed by atoms with Crippen molar-refractivity contribution in [2.24, 2.45) is 0 Å². The number of hydrogen-bond donors (Lipinski definition) is 0. The van der Waals surface area contributed by atoms with E-state index >= 15 is 0 Å². The minimum absolute atomic E-state index is 0.00888. The Labute approximate surface area is 136 Å². The highest BCUT2D eigenvalue weighted by atomic mass is 19.2. The lowest BCUT2D eigenvalue weighted by atomic mass is 9.82. The van der Waals surface area contributed by atoms with E-state index in [1.807, 2.05) is 0 Å². The number of anilines is 1. The van der Waals surface area contributed by atoms with Crippen LogP contribution in [0.4, 0.5) is 18.9 Å². The normalized spacial score (nSPS) is 12.9. The maximum Gasteiger partial charge on any atom is 0.197 e. The molecule has 6 heteroatoms. The van der Waals surface area contributed by atoms with Crippen LogP contribution in [0.5, 0.6) is 0 Å². The van der Waals surface area contributed by atoms with Gasteiger partial charge in [0.15, 0.2) is 29.0 Å². The number of nitrogens with zero attached hydrogens (tertiary/aromatic N) is 1. The van der Waals surface area contributed by atoms with Crippen LogP contribution in [0.15, 0.2) is 24.3 Å². The molecule has 0 saturated heterocycles. The number of fused-ring (bicyclic) bond motifs is 2. The van der Waals surface area contributed by atoms with Crippen molar-refractivity contribution in [3.63, 3.8) is 0 Å². The Kier molecular flexibility index (Phi) is 3.91.